The molecule has 2 fully saturated rings. The molecule has 22 heavy (non-hydrogen) atoms. The second-order valence-electron chi connectivity index (χ2n) is 7.13. The lowest BCUT2D eigenvalue weighted by Crippen LogP contribution is -2.27. The number of hydrogen-bond acceptors (Lipinski definition) is 4. The summed E-state index contributed by atoms with van der Waals surface area (Å²) in [6.07, 6.45) is 8.95. The molecule has 0 saturated heterocycles. The van der Waals surface area contributed by atoms with Gasteiger partial charge in [-0.2, -0.15) is 0 Å². The van der Waals surface area contributed by atoms with Crippen LogP contribution in [0.4, 0.5) is 0 Å². The molecule has 0 aromatic heterocycles. The lowest BCUT2D eigenvalue weighted by atomic mass is 9.80. The fraction of sp³-hybridized carbons (Fsp3) is 0.889. The smallest absolute Gasteiger partial charge is 0.162 e. The highest BCUT2D eigenvalue weighted by molar-refractivity contribution is 7.80. The summed E-state index contributed by atoms with van der Waals surface area (Å²) in [7, 11) is 1.79. The molecule has 0 amide bonds. The van der Waals surface area contributed by atoms with E-state index >= 15 is 0 Å². The first-order valence-electron chi connectivity index (χ1n) is 8.76. The Kier molecular flexibility index (Phi) is 7.29. The molecule has 0 N–H and O–H groups in total. The van der Waals surface area contributed by atoms with Crippen molar-refractivity contribution < 1.29 is 14.3 Å². The summed E-state index contributed by atoms with van der Waals surface area (Å²) in [6.45, 7) is 3.39. The Morgan fingerprint density at radius 2 is 1.41 bits per heavy atom. The molecule has 3 nitrogen and oxygen atoms in total. The van der Waals surface area contributed by atoms with Gasteiger partial charge < -0.3 is 9.47 Å². The molecule has 2 aliphatic rings. The van der Waals surface area contributed by atoms with Gasteiger partial charge in [0.2, 0.25) is 0 Å². The molecule has 4 heteroatoms. The van der Waals surface area contributed by atoms with Gasteiger partial charge in [0.1, 0.15) is 5.78 Å². The Hall–Kier alpha value is -0.480. The van der Waals surface area contributed by atoms with Crippen LogP contribution in [0.1, 0.15) is 58.3 Å². The zero-order chi connectivity index (χ0) is 15.9. The van der Waals surface area contributed by atoms with Crippen molar-refractivity contribution in [1.29, 1.82) is 0 Å². The van der Waals surface area contributed by atoms with Crippen molar-refractivity contribution in [2.24, 2.45) is 23.7 Å². The molecule has 0 aromatic rings. The fourth-order valence-corrected chi connectivity index (χ4v) is 4.16. The average molecular weight is 327 g/mol. The number of carbonyl (C=O) groups excluding carboxylic acids is 1. The van der Waals surface area contributed by atoms with Crippen molar-refractivity contribution in [2.75, 3.05) is 20.3 Å². The van der Waals surface area contributed by atoms with Gasteiger partial charge >= 0.3 is 0 Å². The molecule has 0 aliphatic heterocycles. The van der Waals surface area contributed by atoms with Gasteiger partial charge in [-0.3, -0.25) is 4.79 Å². The van der Waals surface area contributed by atoms with E-state index in [4.69, 9.17) is 21.7 Å². The molecule has 126 valence electrons. The maximum absolute atomic E-state index is 11.4. The third-order valence-electron chi connectivity index (χ3n) is 5.47. The van der Waals surface area contributed by atoms with Crippen LogP contribution in [0.25, 0.3) is 0 Å². The minimum atomic E-state index is 0.259. The van der Waals surface area contributed by atoms with Crippen LogP contribution < -0.4 is 0 Å². The maximum Gasteiger partial charge on any atom is 0.162 e. The maximum atomic E-state index is 11.4. The first kappa shape index (κ1) is 17.9. The number of methoxy groups -OCH3 is 1. The standard InChI is InChI=1S/C18H30O3S/c1-13(19)16-7-9-17(10-8-16)18(22)21-12-15-5-3-14(4-6-15)11-20-2/h14-17H,3-12H2,1-2H3. The third-order valence-corrected chi connectivity index (χ3v) is 5.92. The summed E-state index contributed by atoms with van der Waals surface area (Å²) in [6, 6.07) is 0. The highest BCUT2D eigenvalue weighted by atomic mass is 32.1. The monoisotopic (exact) mass is 326 g/mol. The SMILES string of the molecule is COCC1CCC(COC(=S)C2CCC(C(C)=O)CC2)CC1. The zero-order valence-corrected chi connectivity index (χ0v) is 14.8. The molecule has 2 rings (SSSR count). The van der Waals surface area contributed by atoms with Gasteiger partial charge in [0.15, 0.2) is 5.05 Å². The van der Waals surface area contributed by atoms with Crippen LogP contribution in [-0.4, -0.2) is 31.2 Å². The highest BCUT2D eigenvalue weighted by Crippen LogP contribution is 2.32. The number of ether oxygens (including phenoxy) is 2. The summed E-state index contributed by atoms with van der Waals surface area (Å²) < 4.78 is 11.2. The minimum absolute atomic E-state index is 0.259. The van der Waals surface area contributed by atoms with Crippen LogP contribution in [0, 0.1) is 23.7 Å². The van der Waals surface area contributed by atoms with Crippen molar-refractivity contribution in [1.82, 2.24) is 0 Å². The second-order valence-corrected chi connectivity index (χ2v) is 7.53. The summed E-state index contributed by atoms with van der Waals surface area (Å²) in [5, 5.41) is 0.793. The summed E-state index contributed by atoms with van der Waals surface area (Å²) >= 11 is 5.48. The van der Waals surface area contributed by atoms with Crippen molar-refractivity contribution in [3.05, 3.63) is 0 Å². The highest BCUT2D eigenvalue weighted by Gasteiger charge is 2.28. The Labute approximate surface area is 140 Å². The Balaban J connectivity index is 1.63. The predicted octanol–water partition coefficient (Wildman–Crippen LogP) is 4.18. The third kappa shape index (κ3) is 5.31. The number of hydrogen-bond donors (Lipinski definition) is 0. The molecular weight excluding hydrogens is 296 g/mol. The van der Waals surface area contributed by atoms with Gasteiger partial charge in [0.25, 0.3) is 0 Å². The molecule has 0 atom stereocenters. The van der Waals surface area contributed by atoms with Crippen molar-refractivity contribution in [3.63, 3.8) is 0 Å². The van der Waals surface area contributed by atoms with E-state index < -0.39 is 0 Å². The Bertz CT molecular complexity index is 367. The lowest BCUT2D eigenvalue weighted by Gasteiger charge is -2.30. The van der Waals surface area contributed by atoms with E-state index in [-0.39, 0.29) is 5.92 Å². The zero-order valence-electron chi connectivity index (χ0n) is 14.0. The first-order valence-corrected chi connectivity index (χ1v) is 9.17. The number of Topliss-reactive ketones (excluding diaryl/α,β-unsaturated/α-hetero) is 1. The van der Waals surface area contributed by atoms with E-state index in [9.17, 15) is 4.79 Å². The van der Waals surface area contributed by atoms with E-state index in [2.05, 4.69) is 0 Å². The van der Waals surface area contributed by atoms with E-state index in [0.29, 0.717) is 17.6 Å². The van der Waals surface area contributed by atoms with Crippen molar-refractivity contribution >= 4 is 23.1 Å². The topological polar surface area (TPSA) is 35.5 Å². The number of ketones is 1. The summed E-state index contributed by atoms with van der Waals surface area (Å²) in [5.41, 5.74) is 0. The molecule has 0 radical (unpaired) electrons. The van der Waals surface area contributed by atoms with Crippen LogP contribution in [0.15, 0.2) is 0 Å². The van der Waals surface area contributed by atoms with E-state index in [1.54, 1.807) is 14.0 Å². The predicted molar refractivity (Wildman–Crippen MR) is 92.0 cm³/mol. The first-order chi connectivity index (χ1) is 10.6. The van der Waals surface area contributed by atoms with Gasteiger partial charge in [-0.1, -0.05) is 0 Å². The van der Waals surface area contributed by atoms with Crippen molar-refractivity contribution in [2.45, 2.75) is 58.3 Å². The summed E-state index contributed by atoms with van der Waals surface area (Å²) in [4.78, 5) is 11.4. The van der Waals surface area contributed by atoms with Crippen LogP contribution in [-0.2, 0) is 14.3 Å². The molecular formula is C18H30O3S. The molecule has 0 spiro atoms. The normalized spacial score (nSPS) is 32.5. The molecule has 0 heterocycles. The molecule has 2 aliphatic carbocycles. The lowest BCUT2D eigenvalue weighted by molar-refractivity contribution is -0.121. The van der Waals surface area contributed by atoms with Gasteiger partial charge in [-0.25, -0.2) is 0 Å². The van der Waals surface area contributed by atoms with Gasteiger partial charge in [0.05, 0.1) is 6.61 Å². The van der Waals surface area contributed by atoms with Crippen LogP contribution in [0.3, 0.4) is 0 Å². The largest absolute Gasteiger partial charge is 0.486 e. The molecule has 0 aromatic carbocycles. The van der Waals surface area contributed by atoms with Crippen molar-refractivity contribution in [3.8, 4) is 0 Å². The van der Waals surface area contributed by atoms with Crippen LogP contribution in [0.5, 0.6) is 0 Å². The minimum Gasteiger partial charge on any atom is -0.486 e. The van der Waals surface area contributed by atoms with Gasteiger partial charge in [0, 0.05) is 25.6 Å². The van der Waals surface area contributed by atoms with Gasteiger partial charge in [-0.05, 0) is 82.3 Å². The number of carbonyl (C=O) groups is 1. The number of thiocarbonyl (C=S) groups is 1. The van der Waals surface area contributed by atoms with E-state index in [0.717, 1.165) is 49.9 Å². The van der Waals surface area contributed by atoms with Crippen LogP contribution in [0.2, 0.25) is 0 Å². The van der Waals surface area contributed by atoms with Crippen LogP contribution >= 0.6 is 12.2 Å². The Morgan fingerprint density at radius 1 is 0.909 bits per heavy atom. The Morgan fingerprint density at radius 3 is 1.91 bits per heavy atom. The molecule has 0 bridgehead atoms. The quantitative estimate of drug-likeness (QED) is 0.686. The summed E-state index contributed by atoms with van der Waals surface area (Å²) in [5.74, 6) is 2.36. The molecule has 0 unspecified atom stereocenters. The van der Waals surface area contributed by atoms with E-state index in [1.807, 2.05) is 0 Å². The van der Waals surface area contributed by atoms with E-state index in [1.165, 1.54) is 25.7 Å². The van der Waals surface area contributed by atoms with Gasteiger partial charge in [-0.15, -0.1) is 0 Å². The number of rotatable bonds is 6. The average Bonchev–Trinajstić information content (AvgIpc) is 2.54. The molecule has 2 saturated carbocycles. The fourth-order valence-electron chi connectivity index (χ4n) is 3.85. The second kappa shape index (κ2) is 8.97.